The van der Waals surface area contributed by atoms with E-state index in [4.69, 9.17) is 10.8 Å². The van der Waals surface area contributed by atoms with Gasteiger partial charge in [0.05, 0.1) is 36.2 Å². The van der Waals surface area contributed by atoms with Crippen molar-refractivity contribution in [2.45, 2.75) is 6.43 Å². The third kappa shape index (κ3) is 2.90. The molecule has 0 spiro atoms. The number of benzene rings is 1. The highest BCUT2D eigenvalue weighted by molar-refractivity contribution is 5.97. The number of hydrogen-bond acceptors (Lipinski definition) is 4. The van der Waals surface area contributed by atoms with Gasteiger partial charge in [0.1, 0.15) is 0 Å². The van der Waals surface area contributed by atoms with Crippen LogP contribution in [0.25, 0.3) is 10.9 Å². The number of rotatable bonds is 5. The number of aromatic nitrogens is 1. The van der Waals surface area contributed by atoms with Crippen LogP contribution in [0.3, 0.4) is 0 Å². The average Bonchev–Trinajstić information content (AvgIpc) is 2.37. The number of anilines is 2. The van der Waals surface area contributed by atoms with Crippen LogP contribution in [-0.2, 0) is 0 Å². The summed E-state index contributed by atoms with van der Waals surface area (Å²) in [5.74, 6) is 0. The number of nitrogen functional groups attached to an aromatic ring is 1. The van der Waals surface area contributed by atoms with Gasteiger partial charge in [-0.3, -0.25) is 4.98 Å². The maximum absolute atomic E-state index is 12.6. The number of fused-ring (bicyclic) bond motifs is 1. The van der Waals surface area contributed by atoms with Crippen molar-refractivity contribution in [3.63, 3.8) is 0 Å². The third-order valence-electron chi connectivity index (χ3n) is 2.82. The summed E-state index contributed by atoms with van der Waals surface area (Å²) in [4.78, 5) is 5.55. The molecule has 0 aliphatic rings. The molecule has 1 heterocycles. The molecular formula is C13H15F2N3O. The highest BCUT2D eigenvalue weighted by Crippen LogP contribution is 2.31. The third-order valence-corrected chi connectivity index (χ3v) is 2.82. The van der Waals surface area contributed by atoms with Gasteiger partial charge < -0.3 is 15.7 Å². The lowest BCUT2D eigenvalue weighted by Gasteiger charge is -2.26. The molecule has 3 N–H and O–H groups in total. The number of para-hydroxylation sites is 1. The molecule has 19 heavy (non-hydrogen) atoms. The van der Waals surface area contributed by atoms with Crippen molar-refractivity contribution < 1.29 is 13.9 Å². The van der Waals surface area contributed by atoms with Gasteiger partial charge in [-0.2, -0.15) is 0 Å². The Bertz CT molecular complexity index is 563. The molecule has 4 nitrogen and oxygen atoms in total. The van der Waals surface area contributed by atoms with Gasteiger partial charge in [-0.15, -0.1) is 0 Å². The van der Waals surface area contributed by atoms with E-state index in [0.29, 0.717) is 22.3 Å². The number of nitrogens with two attached hydrogens (primary N) is 1. The van der Waals surface area contributed by atoms with Gasteiger partial charge in [-0.1, -0.05) is 18.2 Å². The number of nitrogens with zero attached hydrogens (tertiary/aromatic N) is 2. The molecule has 1 aromatic carbocycles. The van der Waals surface area contributed by atoms with Gasteiger partial charge in [-0.05, 0) is 6.07 Å². The SMILES string of the molecule is Nc1cnc2ccccc2c1N(CCO)CC(F)F. The zero-order valence-electron chi connectivity index (χ0n) is 10.3. The Hall–Kier alpha value is -1.95. The summed E-state index contributed by atoms with van der Waals surface area (Å²) >= 11 is 0. The summed E-state index contributed by atoms with van der Waals surface area (Å²) in [6, 6.07) is 7.19. The molecule has 102 valence electrons. The van der Waals surface area contributed by atoms with Crippen LogP contribution < -0.4 is 10.6 Å². The van der Waals surface area contributed by atoms with Crippen molar-refractivity contribution >= 4 is 22.3 Å². The Morgan fingerprint density at radius 3 is 2.74 bits per heavy atom. The fourth-order valence-corrected chi connectivity index (χ4v) is 2.08. The first-order valence-electron chi connectivity index (χ1n) is 5.90. The maximum Gasteiger partial charge on any atom is 0.255 e. The molecule has 0 saturated carbocycles. The quantitative estimate of drug-likeness (QED) is 0.868. The van der Waals surface area contributed by atoms with E-state index in [-0.39, 0.29) is 13.2 Å². The molecule has 0 atom stereocenters. The topological polar surface area (TPSA) is 62.4 Å². The van der Waals surface area contributed by atoms with Gasteiger partial charge in [0.15, 0.2) is 0 Å². The van der Waals surface area contributed by atoms with E-state index in [2.05, 4.69) is 4.98 Å². The van der Waals surface area contributed by atoms with E-state index >= 15 is 0 Å². The van der Waals surface area contributed by atoms with E-state index in [9.17, 15) is 8.78 Å². The lowest BCUT2D eigenvalue weighted by Crippen LogP contribution is -2.32. The second kappa shape index (κ2) is 5.79. The largest absolute Gasteiger partial charge is 0.396 e. The van der Waals surface area contributed by atoms with Crippen LogP contribution in [0, 0.1) is 0 Å². The standard InChI is InChI=1S/C13H15F2N3O/c14-12(15)8-18(5-6-19)13-9-3-1-2-4-11(9)17-7-10(13)16/h1-4,7,12,19H,5-6,8,16H2. The van der Waals surface area contributed by atoms with Crippen LogP contribution in [0.5, 0.6) is 0 Å². The summed E-state index contributed by atoms with van der Waals surface area (Å²) < 4.78 is 25.3. The van der Waals surface area contributed by atoms with Gasteiger partial charge >= 0.3 is 0 Å². The summed E-state index contributed by atoms with van der Waals surface area (Å²) in [5, 5.41) is 9.74. The maximum atomic E-state index is 12.6. The molecule has 2 aromatic rings. The minimum atomic E-state index is -2.50. The van der Waals surface area contributed by atoms with Gasteiger partial charge in [0.25, 0.3) is 6.43 Å². The molecule has 0 aliphatic heterocycles. The fourth-order valence-electron chi connectivity index (χ4n) is 2.08. The van der Waals surface area contributed by atoms with Crippen molar-refractivity contribution in [1.82, 2.24) is 4.98 Å². The van der Waals surface area contributed by atoms with Crippen molar-refractivity contribution in [2.24, 2.45) is 0 Å². The van der Waals surface area contributed by atoms with E-state index in [0.717, 1.165) is 0 Å². The predicted molar refractivity (Wildman–Crippen MR) is 71.5 cm³/mol. The number of alkyl halides is 2. The van der Waals surface area contributed by atoms with Crippen LogP contribution in [-0.4, -0.2) is 36.2 Å². The molecule has 0 amide bonds. The summed E-state index contributed by atoms with van der Waals surface area (Å²) in [6.07, 6.45) is -1.05. The zero-order valence-corrected chi connectivity index (χ0v) is 10.3. The lowest BCUT2D eigenvalue weighted by molar-refractivity contribution is 0.153. The minimum absolute atomic E-state index is 0.0997. The van der Waals surface area contributed by atoms with E-state index < -0.39 is 13.0 Å². The first-order chi connectivity index (χ1) is 9.13. The molecule has 6 heteroatoms. The first-order valence-corrected chi connectivity index (χ1v) is 5.90. The normalized spacial score (nSPS) is 11.2. The van der Waals surface area contributed by atoms with Gasteiger partial charge in [0, 0.05) is 11.9 Å². The van der Waals surface area contributed by atoms with Crippen molar-refractivity contribution in [3.8, 4) is 0 Å². The lowest BCUT2D eigenvalue weighted by atomic mass is 10.1. The van der Waals surface area contributed by atoms with Crippen molar-refractivity contribution in [2.75, 3.05) is 30.3 Å². The Kier molecular flexibility index (Phi) is 4.11. The molecule has 0 saturated heterocycles. The molecule has 0 bridgehead atoms. The smallest absolute Gasteiger partial charge is 0.255 e. The molecule has 0 radical (unpaired) electrons. The molecule has 1 aromatic heterocycles. The minimum Gasteiger partial charge on any atom is -0.396 e. The number of aliphatic hydroxyl groups excluding tert-OH is 1. The predicted octanol–water partition coefficient (Wildman–Crippen LogP) is 1.88. The summed E-state index contributed by atoms with van der Waals surface area (Å²) in [5.41, 5.74) is 7.37. The Morgan fingerprint density at radius 2 is 2.05 bits per heavy atom. The van der Waals surface area contributed by atoms with Crippen molar-refractivity contribution in [3.05, 3.63) is 30.5 Å². The first kappa shape index (κ1) is 13.5. The summed E-state index contributed by atoms with van der Waals surface area (Å²) in [7, 11) is 0. The number of hydrogen-bond donors (Lipinski definition) is 2. The van der Waals surface area contributed by atoms with Crippen LogP contribution in [0.2, 0.25) is 0 Å². The van der Waals surface area contributed by atoms with Crippen LogP contribution in [0.1, 0.15) is 0 Å². The number of halogens is 2. The highest BCUT2D eigenvalue weighted by Gasteiger charge is 2.17. The van der Waals surface area contributed by atoms with Crippen LogP contribution in [0.4, 0.5) is 20.2 Å². The second-order valence-electron chi connectivity index (χ2n) is 4.14. The highest BCUT2D eigenvalue weighted by atomic mass is 19.3. The zero-order chi connectivity index (χ0) is 13.8. The molecule has 2 rings (SSSR count). The van der Waals surface area contributed by atoms with Gasteiger partial charge in [-0.25, -0.2) is 8.78 Å². The van der Waals surface area contributed by atoms with Crippen molar-refractivity contribution in [1.29, 1.82) is 0 Å². The summed E-state index contributed by atoms with van der Waals surface area (Å²) in [6.45, 7) is -0.593. The van der Waals surface area contributed by atoms with E-state index in [1.54, 1.807) is 18.2 Å². The van der Waals surface area contributed by atoms with Crippen LogP contribution in [0.15, 0.2) is 30.5 Å². The Balaban J connectivity index is 2.53. The van der Waals surface area contributed by atoms with Gasteiger partial charge in [0.2, 0.25) is 0 Å². The Morgan fingerprint density at radius 1 is 1.32 bits per heavy atom. The number of pyridine rings is 1. The molecule has 0 fully saturated rings. The van der Waals surface area contributed by atoms with E-state index in [1.165, 1.54) is 11.1 Å². The molecular weight excluding hydrogens is 252 g/mol. The Labute approximate surface area is 109 Å². The van der Waals surface area contributed by atoms with E-state index in [1.807, 2.05) is 6.07 Å². The monoisotopic (exact) mass is 267 g/mol. The molecule has 0 unspecified atom stereocenters. The molecule has 0 aliphatic carbocycles. The fraction of sp³-hybridized carbons (Fsp3) is 0.308. The second-order valence-corrected chi connectivity index (χ2v) is 4.14. The van der Waals surface area contributed by atoms with Crippen LogP contribution >= 0.6 is 0 Å². The number of aliphatic hydroxyl groups is 1. The average molecular weight is 267 g/mol.